The highest BCUT2D eigenvalue weighted by atomic mass is 16.1. The molecule has 0 saturated carbocycles. The number of nitrogens with two attached hydrogens (primary N) is 1. The van der Waals surface area contributed by atoms with E-state index in [0.717, 1.165) is 24.8 Å². The monoisotopic (exact) mass is 400 g/mol. The van der Waals surface area contributed by atoms with Crippen molar-refractivity contribution in [3.63, 3.8) is 0 Å². The van der Waals surface area contributed by atoms with Gasteiger partial charge in [0.15, 0.2) is 0 Å². The van der Waals surface area contributed by atoms with E-state index in [1.165, 1.54) is 83.1 Å². The maximum atomic E-state index is 11.8. The molecule has 0 bridgehead atoms. The number of carbonyl (C=O) groups is 1. The normalized spacial score (nSPS) is 11.8. The minimum absolute atomic E-state index is 0.311. The second-order valence-corrected chi connectivity index (χ2v) is 8.14. The summed E-state index contributed by atoms with van der Waals surface area (Å²) in [6, 6.07) is 7.15. The zero-order valence-electron chi connectivity index (χ0n) is 18.3. The molecule has 4 nitrogen and oxygen atoms in total. The lowest BCUT2D eigenvalue weighted by atomic mass is 9.92. The Kier molecular flexibility index (Phi) is 14.7. The largest absolute Gasteiger partial charge is 0.369 e. The van der Waals surface area contributed by atoms with Crippen LogP contribution in [-0.4, -0.2) is 12.0 Å². The van der Waals surface area contributed by atoms with E-state index in [2.05, 4.69) is 11.9 Å². The molecule has 29 heavy (non-hydrogen) atoms. The van der Waals surface area contributed by atoms with Gasteiger partial charge in [-0.15, -0.1) is 0 Å². The van der Waals surface area contributed by atoms with E-state index < -0.39 is 0 Å². The van der Waals surface area contributed by atoms with Crippen LogP contribution in [0.2, 0.25) is 0 Å². The Morgan fingerprint density at radius 3 is 1.90 bits per heavy atom. The van der Waals surface area contributed by atoms with Crippen molar-refractivity contribution >= 4 is 17.7 Å². The molecule has 2 N–H and O–H groups in total. The predicted molar refractivity (Wildman–Crippen MR) is 121 cm³/mol. The Labute approximate surface area is 177 Å². The van der Waals surface area contributed by atoms with Gasteiger partial charge < -0.3 is 5.73 Å². The molecule has 1 amide bonds. The number of carbonyl (C=O) groups excluding carboxylic acids is 2. The average Bonchev–Trinajstić information content (AvgIpc) is 2.71. The van der Waals surface area contributed by atoms with E-state index in [-0.39, 0.29) is 11.8 Å². The minimum atomic E-state index is -0.313. The molecule has 0 aliphatic carbocycles. The van der Waals surface area contributed by atoms with Crippen molar-refractivity contribution in [3.05, 3.63) is 29.8 Å². The van der Waals surface area contributed by atoms with Gasteiger partial charge in [-0.1, -0.05) is 109 Å². The summed E-state index contributed by atoms with van der Waals surface area (Å²) in [6.45, 7) is 2.27. The fraction of sp³-hybridized carbons (Fsp3) is 0.680. The SMILES string of the molecule is CCCCCCCCCCCCCCCCC(C(N)=O)c1cccc(N=C=O)c1. The highest BCUT2D eigenvalue weighted by Gasteiger charge is 2.17. The van der Waals surface area contributed by atoms with Crippen molar-refractivity contribution in [2.24, 2.45) is 10.7 Å². The Hall–Kier alpha value is -1.93. The van der Waals surface area contributed by atoms with Gasteiger partial charge in [-0.05, 0) is 24.1 Å². The molecule has 0 aromatic heterocycles. The number of rotatable bonds is 18. The number of hydrogen-bond donors (Lipinski definition) is 1. The third-order valence-corrected chi connectivity index (χ3v) is 5.64. The Morgan fingerprint density at radius 2 is 1.41 bits per heavy atom. The molecule has 0 radical (unpaired) electrons. The molecule has 1 rings (SSSR count). The predicted octanol–water partition coefficient (Wildman–Crippen LogP) is 7.09. The van der Waals surface area contributed by atoms with Crippen LogP contribution in [-0.2, 0) is 9.59 Å². The zero-order chi connectivity index (χ0) is 21.2. The van der Waals surface area contributed by atoms with Crippen molar-refractivity contribution < 1.29 is 9.59 Å². The first-order valence-electron chi connectivity index (χ1n) is 11.7. The fourth-order valence-corrected chi connectivity index (χ4v) is 3.88. The van der Waals surface area contributed by atoms with Crippen LogP contribution >= 0.6 is 0 Å². The lowest BCUT2D eigenvalue weighted by Gasteiger charge is -2.14. The third kappa shape index (κ3) is 12.3. The second kappa shape index (κ2) is 17.0. The number of unbranched alkanes of at least 4 members (excludes halogenated alkanes) is 13. The van der Waals surface area contributed by atoms with E-state index in [1.54, 1.807) is 18.2 Å². The lowest BCUT2D eigenvalue weighted by molar-refractivity contribution is -0.119. The van der Waals surface area contributed by atoms with Crippen LogP contribution in [0.1, 0.15) is 115 Å². The van der Waals surface area contributed by atoms with Gasteiger partial charge in [0.1, 0.15) is 0 Å². The minimum Gasteiger partial charge on any atom is -0.369 e. The molecule has 0 heterocycles. The first-order chi connectivity index (χ1) is 14.2. The molecule has 4 heteroatoms. The van der Waals surface area contributed by atoms with Crippen molar-refractivity contribution in [2.45, 2.75) is 109 Å². The maximum Gasteiger partial charge on any atom is 0.240 e. The van der Waals surface area contributed by atoms with Crippen LogP contribution in [0.4, 0.5) is 5.69 Å². The van der Waals surface area contributed by atoms with Gasteiger partial charge in [0.2, 0.25) is 12.0 Å². The number of amides is 1. The van der Waals surface area contributed by atoms with Gasteiger partial charge in [0.05, 0.1) is 11.6 Å². The number of nitrogens with zero attached hydrogens (tertiary/aromatic N) is 1. The van der Waals surface area contributed by atoms with Gasteiger partial charge in [-0.25, -0.2) is 4.79 Å². The number of benzene rings is 1. The summed E-state index contributed by atoms with van der Waals surface area (Å²) in [7, 11) is 0. The summed E-state index contributed by atoms with van der Waals surface area (Å²) in [5, 5.41) is 0. The van der Waals surface area contributed by atoms with E-state index in [9.17, 15) is 9.59 Å². The van der Waals surface area contributed by atoms with Crippen molar-refractivity contribution in [3.8, 4) is 0 Å². The topological polar surface area (TPSA) is 72.5 Å². The zero-order valence-corrected chi connectivity index (χ0v) is 18.3. The molecule has 1 aromatic carbocycles. The molecule has 0 saturated heterocycles. The van der Waals surface area contributed by atoms with Crippen LogP contribution in [0, 0.1) is 0 Å². The quantitative estimate of drug-likeness (QED) is 0.162. The van der Waals surface area contributed by atoms with E-state index in [4.69, 9.17) is 5.73 Å². The van der Waals surface area contributed by atoms with Crippen LogP contribution in [0.15, 0.2) is 29.3 Å². The van der Waals surface area contributed by atoms with Crippen LogP contribution in [0.3, 0.4) is 0 Å². The summed E-state index contributed by atoms with van der Waals surface area (Å²) in [5.41, 5.74) is 6.96. The molecule has 1 unspecified atom stereocenters. The average molecular weight is 401 g/mol. The Morgan fingerprint density at radius 1 is 0.897 bits per heavy atom. The molecule has 0 aliphatic rings. The first kappa shape index (κ1) is 25.1. The van der Waals surface area contributed by atoms with E-state index in [0.29, 0.717) is 5.69 Å². The lowest BCUT2D eigenvalue weighted by Crippen LogP contribution is -2.21. The molecule has 0 aliphatic heterocycles. The summed E-state index contributed by atoms with van der Waals surface area (Å²) in [6.07, 6.45) is 20.7. The number of hydrogen-bond acceptors (Lipinski definition) is 3. The fourth-order valence-electron chi connectivity index (χ4n) is 3.88. The summed E-state index contributed by atoms with van der Waals surface area (Å²) >= 11 is 0. The Balaban J connectivity index is 2.10. The smallest absolute Gasteiger partial charge is 0.240 e. The summed E-state index contributed by atoms with van der Waals surface area (Å²) in [4.78, 5) is 25.9. The van der Waals surface area contributed by atoms with Crippen molar-refractivity contribution in [2.75, 3.05) is 0 Å². The van der Waals surface area contributed by atoms with Crippen LogP contribution in [0.25, 0.3) is 0 Å². The van der Waals surface area contributed by atoms with E-state index >= 15 is 0 Å². The highest BCUT2D eigenvalue weighted by Crippen LogP contribution is 2.26. The van der Waals surface area contributed by atoms with Gasteiger partial charge in [-0.2, -0.15) is 4.99 Å². The summed E-state index contributed by atoms with van der Waals surface area (Å²) < 4.78 is 0. The maximum absolute atomic E-state index is 11.8. The van der Waals surface area contributed by atoms with Crippen molar-refractivity contribution in [1.29, 1.82) is 0 Å². The molecule has 162 valence electrons. The summed E-state index contributed by atoms with van der Waals surface area (Å²) in [5.74, 6) is -0.624. The highest BCUT2D eigenvalue weighted by molar-refractivity contribution is 5.82. The second-order valence-electron chi connectivity index (χ2n) is 8.14. The van der Waals surface area contributed by atoms with Crippen molar-refractivity contribution in [1.82, 2.24) is 0 Å². The van der Waals surface area contributed by atoms with Crippen LogP contribution < -0.4 is 5.73 Å². The van der Waals surface area contributed by atoms with Gasteiger partial charge in [0.25, 0.3) is 0 Å². The van der Waals surface area contributed by atoms with Crippen LogP contribution in [0.5, 0.6) is 0 Å². The third-order valence-electron chi connectivity index (χ3n) is 5.64. The molecular weight excluding hydrogens is 360 g/mol. The molecule has 0 fully saturated rings. The first-order valence-corrected chi connectivity index (χ1v) is 11.7. The molecule has 0 spiro atoms. The number of primary amides is 1. The van der Waals surface area contributed by atoms with E-state index in [1.807, 2.05) is 6.07 Å². The van der Waals surface area contributed by atoms with Gasteiger partial charge >= 0.3 is 0 Å². The number of aliphatic imine (C=N–C) groups is 1. The molecule has 1 aromatic rings. The van der Waals surface area contributed by atoms with Gasteiger partial charge in [-0.3, -0.25) is 4.79 Å². The number of isocyanates is 1. The molecule has 1 atom stereocenters. The molecular formula is C25H40N2O2. The van der Waals surface area contributed by atoms with Gasteiger partial charge in [0, 0.05) is 0 Å². The Bertz CT molecular complexity index is 609. The standard InChI is InChI=1S/C25H40N2O2/c1-2-3-4-5-6-7-8-9-10-11-12-13-14-15-19-24(25(26)29)22-17-16-18-23(20-22)27-21-28/h16-18,20,24H,2-15,19H2,1H3,(H2,26,29).